The van der Waals surface area contributed by atoms with Gasteiger partial charge in [-0.15, -0.1) is 0 Å². The van der Waals surface area contributed by atoms with Crippen molar-refractivity contribution in [3.05, 3.63) is 42.2 Å². The highest BCUT2D eigenvalue weighted by Gasteiger charge is 2.57. The van der Waals surface area contributed by atoms with Crippen molar-refractivity contribution >= 4 is 11.6 Å². The number of halogens is 3. The number of imidazole rings is 1. The predicted octanol–water partition coefficient (Wildman–Crippen LogP) is 1.17. The van der Waals surface area contributed by atoms with E-state index in [1.807, 2.05) is 0 Å². The summed E-state index contributed by atoms with van der Waals surface area (Å²) in [7, 11) is 1.36. The van der Waals surface area contributed by atoms with E-state index in [0.717, 1.165) is 4.57 Å². The lowest BCUT2D eigenvalue weighted by atomic mass is 9.97. The first-order valence-electron chi connectivity index (χ1n) is 6.91. The molecule has 130 valence electrons. The van der Waals surface area contributed by atoms with Gasteiger partial charge in [-0.3, -0.25) is 9.78 Å². The molecule has 0 aliphatic rings. The van der Waals surface area contributed by atoms with Crippen LogP contribution in [0.25, 0.3) is 0 Å². The molecular formula is C14H16F3N5O2. The summed E-state index contributed by atoms with van der Waals surface area (Å²) in [6.45, 7) is -0.271. The van der Waals surface area contributed by atoms with E-state index < -0.39 is 29.9 Å². The lowest BCUT2D eigenvalue weighted by Crippen LogP contribution is -2.45. The van der Waals surface area contributed by atoms with Crippen LogP contribution in [-0.2, 0) is 12.6 Å². The number of pyridine rings is 1. The summed E-state index contributed by atoms with van der Waals surface area (Å²) in [5.74, 6) is -1.28. The highest BCUT2D eigenvalue weighted by atomic mass is 19.4. The molecule has 1 unspecified atom stereocenters. The molecule has 10 heteroatoms. The zero-order chi connectivity index (χ0) is 18.0. The monoisotopic (exact) mass is 343 g/mol. The number of hydrogen-bond acceptors (Lipinski definition) is 5. The number of rotatable bonds is 6. The maximum atomic E-state index is 13.4. The first kappa shape index (κ1) is 17.7. The summed E-state index contributed by atoms with van der Waals surface area (Å²) in [4.78, 5) is 18.6. The molecule has 0 aromatic carbocycles. The normalized spacial score (nSPS) is 14.2. The molecule has 7 nitrogen and oxygen atoms in total. The Hall–Kier alpha value is -2.62. The largest absolute Gasteiger partial charge is 0.424 e. The zero-order valence-electron chi connectivity index (χ0n) is 12.7. The van der Waals surface area contributed by atoms with Gasteiger partial charge in [-0.25, -0.2) is 4.98 Å². The van der Waals surface area contributed by atoms with E-state index in [1.165, 1.54) is 37.9 Å². The van der Waals surface area contributed by atoms with Crippen molar-refractivity contribution in [1.82, 2.24) is 14.5 Å². The number of aliphatic hydroxyl groups is 1. The number of aryl methyl sites for hydroxylation is 1. The number of carbonyl (C=O) groups is 1. The van der Waals surface area contributed by atoms with Crippen LogP contribution >= 0.6 is 0 Å². The average Bonchev–Trinajstić information content (AvgIpc) is 2.93. The summed E-state index contributed by atoms with van der Waals surface area (Å²) < 4.78 is 41.2. The van der Waals surface area contributed by atoms with Crippen LogP contribution < -0.4 is 11.1 Å². The number of alkyl halides is 3. The van der Waals surface area contributed by atoms with Gasteiger partial charge in [-0.2, -0.15) is 13.2 Å². The van der Waals surface area contributed by atoms with Crippen molar-refractivity contribution in [3.63, 3.8) is 0 Å². The quantitative estimate of drug-likeness (QED) is 0.730. The van der Waals surface area contributed by atoms with Gasteiger partial charge < -0.3 is 20.7 Å². The van der Waals surface area contributed by atoms with E-state index in [2.05, 4.69) is 15.3 Å². The molecule has 1 amide bonds. The molecule has 0 fully saturated rings. The van der Waals surface area contributed by atoms with Gasteiger partial charge in [0.25, 0.3) is 5.91 Å². The first-order valence-corrected chi connectivity index (χ1v) is 6.91. The molecule has 0 aliphatic carbocycles. The van der Waals surface area contributed by atoms with Crippen LogP contribution in [0.4, 0.5) is 18.9 Å². The number of hydrogen-bond donors (Lipinski definition) is 3. The van der Waals surface area contributed by atoms with Gasteiger partial charge >= 0.3 is 6.18 Å². The minimum absolute atomic E-state index is 0.0463. The second kappa shape index (κ2) is 6.48. The fraction of sp³-hybridized carbons (Fsp3) is 0.357. The van der Waals surface area contributed by atoms with Crippen molar-refractivity contribution < 1.29 is 23.1 Å². The Morgan fingerprint density at radius 3 is 2.67 bits per heavy atom. The lowest BCUT2D eigenvalue weighted by Gasteiger charge is -2.30. The molecule has 4 N–H and O–H groups in total. The van der Waals surface area contributed by atoms with Crippen molar-refractivity contribution in [1.29, 1.82) is 0 Å². The molecular weight excluding hydrogens is 327 g/mol. The number of amides is 1. The van der Waals surface area contributed by atoms with Crippen LogP contribution in [0.3, 0.4) is 0 Å². The molecule has 2 rings (SSSR count). The first-order chi connectivity index (χ1) is 11.2. The molecule has 0 saturated carbocycles. The highest BCUT2D eigenvalue weighted by Crippen LogP contribution is 2.40. The molecule has 0 spiro atoms. The molecule has 24 heavy (non-hydrogen) atoms. The fourth-order valence-electron chi connectivity index (χ4n) is 2.27. The number of aromatic nitrogens is 3. The number of anilines is 1. The SMILES string of the molecule is Cn1ccnc1C(O)(CCNc1ccncc1C(N)=O)C(F)(F)F. The summed E-state index contributed by atoms with van der Waals surface area (Å²) in [5.41, 5.74) is 2.33. The van der Waals surface area contributed by atoms with E-state index in [-0.39, 0.29) is 17.8 Å². The number of nitrogens with zero attached hydrogens (tertiary/aromatic N) is 3. The van der Waals surface area contributed by atoms with E-state index in [9.17, 15) is 23.1 Å². The second-order valence-electron chi connectivity index (χ2n) is 5.18. The second-order valence-corrected chi connectivity index (χ2v) is 5.18. The number of nitrogens with two attached hydrogens (primary N) is 1. The van der Waals surface area contributed by atoms with Crippen LogP contribution in [0.15, 0.2) is 30.9 Å². The van der Waals surface area contributed by atoms with Crippen molar-refractivity contribution in [2.75, 3.05) is 11.9 Å². The molecule has 0 aliphatic heterocycles. The van der Waals surface area contributed by atoms with Gasteiger partial charge in [0.15, 0.2) is 0 Å². The van der Waals surface area contributed by atoms with Crippen molar-refractivity contribution in [2.24, 2.45) is 12.8 Å². The van der Waals surface area contributed by atoms with Gasteiger partial charge in [-0.1, -0.05) is 0 Å². The Balaban J connectivity index is 2.19. The maximum Gasteiger partial charge on any atom is 0.424 e. The van der Waals surface area contributed by atoms with Gasteiger partial charge in [0, 0.05) is 44.8 Å². The van der Waals surface area contributed by atoms with E-state index in [0.29, 0.717) is 0 Å². The third-order valence-corrected chi connectivity index (χ3v) is 3.55. The Morgan fingerprint density at radius 1 is 1.42 bits per heavy atom. The molecule has 0 radical (unpaired) electrons. The predicted molar refractivity (Wildman–Crippen MR) is 79.0 cm³/mol. The minimum atomic E-state index is -4.92. The molecule has 0 saturated heterocycles. The van der Waals surface area contributed by atoms with Gasteiger partial charge in [0.2, 0.25) is 5.60 Å². The van der Waals surface area contributed by atoms with Crippen LogP contribution in [0.1, 0.15) is 22.6 Å². The minimum Gasteiger partial charge on any atom is -0.384 e. The van der Waals surface area contributed by atoms with Crippen LogP contribution in [0.2, 0.25) is 0 Å². The zero-order valence-corrected chi connectivity index (χ0v) is 12.7. The summed E-state index contributed by atoms with van der Waals surface area (Å²) in [5, 5.41) is 12.9. The Bertz CT molecular complexity index is 731. The van der Waals surface area contributed by atoms with Gasteiger partial charge in [0.05, 0.1) is 11.3 Å². The third-order valence-electron chi connectivity index (χ3n) is 3.55. The molecule has 1 atom stereocenters. The van der Waals surface area contributed by atoms with Crippen LogP contribution in [-0.4, -0.2) is 38.3 Å². The smallest absolute Gasteiger partial charge is 0.384 e. The summed E-state index contributed by atoms with van der Waals surface area (Å²) >= 11 is 0. The molecule has 0 bridgehead atoms. The number of primary amides is 1. The molecule has 2 aromatic heterocycles. The lowest BCUT2D eigenvalue weighted by molar-refractivity contribution is -0.271. The van der Waals surface area contributed by atoms with Gasteiger partial charge in [0.1, 0.15) is 5.82 Å². The number of carbonyl (C=O) groups excluding carboxylic acids is 1. The third kappa shape index (κ3) is 3.32. The average molecular weight is 343 g/mol. The Labute approximate surface area is 135 Å². The van der Waals surface area contributed by atoms with E-state index in [1.54, 1.807) is 0 Å². The molecule has 2 heterocycles. The van der Waals surface area contributed by atoms with Crippen LogP contribution in [0.5, 0.6) is 0 Å². The molecule has 2 aromatic rings. The van der Waals surface area contributed by atoms with Crippen LogP contribution in [0, 0.1) is 0 Å². The Morgan fingerprint density at radius 2 is 2.12 bits per heavy atom. The number of nitrogens with one attached hydrogen (secondary N) is 1. The van der Waals surface area contributed by atoms with Gasteiger partial charge in [-0.05, 0) is 6.07 Å². The standard InChI is InChI=1S/C14H16F3N5O2/c1-22-7-6-21-12(22)13(24,14(15,16)17)3-5-20-10-2-4-19-8-9(10)11(18)23/h2,4,6-8,24H,3,5H2,1H3,(H2,18,23)(H,19,20). The van der Waals surface area contributed by atoms with E-state index >= 15 is 0 Å². The van der Waals surface area contributed by atoms with E-state index in [4.69, 9.17) is 5.73 Å². The van der Waals surface area contributed by atoms with Crippen molar-refractivity contribution in [3.8, 4) is 0 Å². The topological polar surface area (TPSA) is 106 Å². The highest BCUT2D eigenvalue weighted by molar-refractivity contribution is 5.98. The summed E-state index contributed by atoms with van der Waals surface area (Å²) in [6.07, 6.45) is -0.565. The maximum absolute atomic E-state index is 13.4. The van der Waals surface area contributed by atoms with Crippen molar-refractivity contribution in [2.45, 2.75) is 18.2 Å². The Kier molecular flexibility index (Phi) is 4.78. The fourth-order valence-corrected chi connectivity index (χ4v) is 2.27. The summed E-state index contributed by atoms with van der Waals surface area (Å²) in [6, 6.07) is 1.41.